The lowest BCUT2D eigenvalue weighted by Crippen LogP contribution is -2.47. The normalized spacial score (nSPS) is 17.3. The van der Waals surface area contributed by atoms with Gasteiger partial charge in [-0.1, -0.05) is 6.92 Å². The van der Waals surface area contributed by atoms with Gasteiger partial charge in [-0.25, -0.2) is 9.97 Å². The van der Waals surface area contributed by atoms with Gasteiger partial charge in [-0.15, -0.1) is 0 Å². The minimum Gasteiger partial charge on any atom is -0.497 e. The number of methoxy groups -OCH3 is 1. The molecule has 4 rings (SSSR count). The molecular weight excluding hydrogens is 446 g/mol. The Balaban J connectivity index is 1.58. The van der Waals surface area contributed by atoms with Gasteiger partial charge in [0.1, 0.15) is 17.1 Å². The molecule has 1 amide bonds. The fourth-order valence-corrected chi connectivity index (χ4v) is 4.67. The number of likely N-dealkylation sites (tertiary alicyclic amines) is 1. The monoisotopic (exact) mass is 481 g/mol. The van der Waals surface area contributed by atoms with Crippen LogP contribution in [0.25, 0.3) is 11.4 Å². The Morgan fingerprint density at radius 1 is 1.00 bits per heavy atom. The van der Waals surface area contributed by atoms with Gasteiger partial charge in [0.25, 0.3) is 5.91 Å². The van der Waals surface area contributed by atoms with E-state index in [1.165, 1.54) is 0 Å². The SMILES string of the molecule is CCOC(=O)C1CCN(C(=O)c2cnc(-c3ccc(OC)cc3)nc2N2CCN(CC)CC2)CC1. The zero-order valence-corrected chi connectivity index (χ0v) is 20.9. The lowest BCUT2D eigenvalue weighted by atomic mass is 9.96. The summed E-state index contributed by atoms with van der Waals surface area (Å²) in [7, 11) is 1.63. The van der Waals surface area contributed by atoms with E-state index in [1.807, 2.05) is 36.1 Å². The van der Waals surface area contributed by atoms with Gasteiger partial charge < -0.3 is 24.2 Å². The van der Waals surface area contributed by atoms with Crippen LogP contribution in [0, 0.1) is 5.92 Å². The fraction of sp³-hybridized carbons (Fsp3) is 0.538. The molecule has 0 radical (unpaired) electrons. The highest BCUT2D eigenvalue weighted by Crippen LogP contribution is 2.28. The van der Waals surface area contributed by atoms with Gasteiger partial charge in [0.2, 0.25) is 0 Å². The first-order valence-electron chi connectivity index (χ1n) is 12.5. The van der Waals surface area contributed by atoms with Crippen molar-refractivity contribution in [3.63, 3.8) is 0 Å². The second-order valence-electron chi connectivity index (χ2n) is 8.90. The Hall–Kier alpha value is -3.20. The number of rotatable bonds is 7. The number of benzene rings is 1. The number of nitrogens with zero attached hydrogens (tertiary/aromatic N) is 5. The Morgan fingerprint density at radius 3 is 2.29 bits per heavy atom. The number of piperazine rings is 1. The summed E-state index contributed by atoms with van der Waals surface area (Å²) in [6.07, 6.45) is 2.88. The van der Waals surface area contributed by atoms with E-state index in [0.717, 1.165) is 44.0 Å². The first-order chi connectivity index (χ1) is 17.0. The zero-order chi connectivity index (χ0) is 24.8. The Bertz CT molecular complexity index is 1010. The van der Waals surface area contributed by atoms with Crippen LogP contribution in [0.15, 0.2) is 30.5 Å². The average Bonchev–Trinajstić information content (AvgIpc) is 2.92. The molecule has 1 aromatic heterocycles. The van der Waals surface area contributed by atoms with Crippen molar-refractivity contribution >= 4 is 17.7 Å². The van der Waals surface area contributed by atoms with Crippen molar-refractivity contribution in [2.45, 2.75) is 26.7 Å². The fourth-order valence-electron chi connectivity index (χ4n) is 4.67. The summed E-state index contributed by atoms with van der Waals surface area (Å²) < 4.78 is 10.4. The van der Waals surface area contributed by atoms with Crippen molar-refractivity contribution in [3.8, 4) is 17.1 Å². The van der Waals surface area contributed by atoms with Gasteiger partial charge in [0.15, 0.2) is 5.82 Å². The summed E-state index contributed by atoms with van der Waals surface area (Å²) in [5.41, 5.74) is 1.38. The van der Waals surface area contributed by atoms with Crippen LogP contribution in [0.2, 0.25) is 0 Å². The molecule has 0 saturated carbocycles. The van der Waals surface area contributed by atoms with Crippen LogP contribution in [0.5, 0.6) is 5.75 Å². The maximum Gasteiger partial charge on any atom is 0.309 e. The van der Waals surface area contributed by atoms with Crippen molar-refractivity contribution in [1.82, 2.24) is 19.8 Å². The molecule has 9 nitrogen and oxygen atoms in total. The van der Waals surface area contributed by atoms with Gasteiger partial charge in [0, 0.05) is 51.0 Å². The number of aromatic nitrogens is 2. The second-order valence-corrected chi connectivity index (χ2v) is 8.90. The van der Waals surface area contributed by atoms with E-state index in [2.05, 4.69) is 21.7 Å². The van der Waals surface area contributed by atoms with Crippen LogP contribution in [0.1, 0.15) is 37.0 Å². The summed E-state index contributed by atoms with van der Waals surface area (Å²) in [5, 5.41) is 0. The number of ether oxygens (including phenoxy) is 2. The lowest BCUT2D eigenvalue weighted by molar-refractivity contribution is -0.149. The third-order valence-corrected chi connectivity index (χ3v) is 6.87. The van der Waals surface area contributed by atoms with Gasteiger partial charge in [0.05, 0.1) is 19.6 Å². The molecule has 1 aromatic carbocycles. The first kappa shape index (κ1) is 24.9. The van der Waals surface area contributed by atoms with E-state index < -0.39 is 0 Å². The van der Waals surface area contributed by atoms with Gasteiger partial charge >= 0.3 is 5.97 Å². The zero-order valence-electron chi connectivity index (χ0n) is 20.9. The van der Waals surface area contributed by atoms with E-state index in [1.54, 1.807) is 13.3 Å². The number of likely N-dealkylation sites (N-methyl/N-ethyl adjacent to an activating group) is 1. The van der Waals surface area contributed by atoms with Crippen LogP contribution in [-0.2, 0) is 9.53 Å². The summed E-state index contributed by atoms with van der Waals surface area (Å²) >= 11 is 0. The average molecular weight is 482 g/mol. The minimum absolute atomic E-state index is 0.0819. The lowest BCUT2D eigenvalue weighted by Gasteiger charge is -2.36. The predicted octanol–water partition coefficient (Wildman–Crippen LogP) is 2.71. The van der Waals surface area contributed by atoms with Crippen molar-refractivity contribution in [1.29, 1.82) is 0 Å². The maximum absolute atomic E-state index is 13.6. The topological polar surface area (TPSA) is 88.1 Å². The molecular formula is C26H35N5O4. The molecule has 0 aliphatic carbocycles. The van der Waals surface area contributed by atoms with Gasteiger partial charge in [-0.3, -0.25) is 9.59 Å². The number of hydrogen-bond acceptors (Lipinski definition) is 8. The van der Waals surface area contributed by atoms with Crippen LogP contribution in [-0.4, -0.2) is 91.2 Å². The number of amides is 1. The van der Waals surface area contributed by atoms with E-state index in [0.29, 0.717) is 49.7 Å². The van der Waals surface area contributed by atoms with E-state index in [-0.39, 0.29) is 17.8 Å². The number of carbonyl (C=O) groups excluding carboxylic acids is 2. The molecule has 2 fully saturated rings. The van der Waals surface area contributed by atoms with E-state index >= 15 is 0 Å². The van der Waals surface area contributed by atoms with E-state index in [4.69, 9.17) is 14.5 Å². The van der Waals surface area contributed by atoms with Crippen LogP contribution in [0.3, 0.4) is 0 Å². The molecule has 3 heterocycles. The number of carbonyl (C=O) groups is 2. The van der Waals surface area contributed by atoms with Crippen LogP contribution in [0.4, 0.5) is 5.82 Å². The number of esters is 1. The van der Waals surface area contributed by atoms with Crippen molar-refractivity contribution in [2.24, 2.45) is 5.92 Å². The number of anilines is 1. The summed E-state index contributed by atoms with van der Waals surface area (Å²) in [6, 6.07) is 7.61. The number of hydrogen-bond donors (Lipinski definition) is 0. The molecule has 188 valence electrons. The molecule has 0 N–H and O–H groups in total. The highest BCUT2D eigenvalue weighted by atomic mass is 16.5. The van der Waals surface area contributed by atoms with Crippen LogP contribution < -0.4 is 9.64 Å². The van der Waals surface area contributed by atoms with Gasteiger partial charge in [-0.2, -0.15) is 0 Å². The maximum atomic E-state index is 13.6. The molecule has 0 bridgehead atoms. The van der Waals surface area contributed by atoms with Crippen molar-refractivity contribution < 1.29 is 19.1 Å². The molecule has 2 saturated heterocycles. The quantitative estimate of drug-likeness (QED) is 0.558. The van der Waals surface area contributed by atoms with E-state index in [9.17, 15) is 9.59 Å². The molecule has 0 spiro atoms. The Kier molecular flexibility index (Phi) is 8.17. The molecule has 9 heteroatoms. The summed E-state index contributed by atoms with van der Waals surface area (Å²) in [4.78, 5) is 41.6. The smallest absolute Gasteiger partial charge is 0.309 e. The summed E-state index contributed by atoms with van der Waals surface area (Å²) in [6.45, 7) is 9.87. The van der Waals surface area contributed by atoms with Crippen LogP contribution >= 0.6 is 0 Å². The minimum atomic E-state index is -0.165. The molecule has 2 aromatic rings. The number of piperidine rings is 1. The summed E-state index contributed by atoms with van der Waals surface area (Å²) in [5.74, 6) is 1.64. The molecule has 2 aliphatic heterocycles. The molecule has 35 heavy (non-hydrogen) atoms. The molecule has 2 aliphatic rings. The first-order valence-corrected chi connectivity index (χ1v) is 12.5. The largest absolute Gasteiger partial charge is 0.497 e. The standard InChI is InChI=1S/C26H35N5O4/c1-4-29-14-16-30(17-15-29)24-22(18-27-23(28-24)19-6-8-21(34-3)9-7-19)25(32)31-12-10-20(11-13-31)26(33)35-5-2/h6-9,18,20H,4-5,10-17H2,1-3H3. The third kappa shape index (κ3) is 5.73. The molecule has 0 atom stereocenters. The van der Waals surface area contributed by atoms with Crippen molar-refractivity contribution in [2.75, 3.05) is 64.4 Å². The highest BCUT2D eigenvalue weighted by Gasteiger charge is 2.31. The Morgan fingerprint density at radius 2 is 1.69 bits per heavy atom. The molecule has 0 unspecified atom stereocenters. The highest BCUT2D eigenvalue weighted by molar-refractivity contribution is 5.99. The van der Waals surface area contributed by atoms with Gasteiger partial charge in [-0.05, 0) is 50.6 Å². The third-order valence-electron chi connectivity index (χ3n) is 6.87. The Labute approximate surface area is 207 Å². The predicted molar refractivity (Wildman–Crippen MR) is 134 cm³/mol. The van der Waals surface area contributed by atoms with Crippen molar-refractivity contribution in [3.05, 3.63) is 36.0 Å². The second kappa shape index (κ2) is 11.5.